The molecule has 2 aromatic carbocycles. The van der Waals surface area contributed by atoms with Gasteiger partial charge in [0, 0.05) is 0 Å². The summed E-state index contributed by atoms with van der Waals surface area (Å²) in [5, 5.41) is 0. The predicted octanol–water partition coefficient (Wildman–Crippen LogP) is 2.38. The highest BCUT2D eigenvalue weighted by Crippen LogP contribution is 2.22. The van der Waals surface area contributed by atoms with Gasteiger partial charge in [0.05, 0.1) is 4.90 Å². The summed E-state index contributed by atoms with van der Waals surface area (Å²) in [7, 11) is -4.40. The van der Waals surface area contributed by atoms with Crippen LogP contribution in [0.4, 0.5) is 0 Å². The van der Waals surface area contributed by atoms with Gasteiger partial charge in [-0.1, -0.05) is 18.2 Å². The van der Waals surface area contributed by atoms with Gasteiger partial charge >= 0.3 is 0 Å². The van der Waals surface area contributed by atoms with Crippen LogP contribution in [0.2, 0.25) is 0 Å². The van der Waals surface area contributed by atoms with Crippen molar-refractivity contribution in [3.05, 3.63) is 54.6 Å². The van der Waals surface area contributed by atoms with Crippen molar-refractivity contribution >= 4 is 10.1 Å². The molecule has 0 amide bonds. The lowest BCUT2D eigenvalue weighted by molar-refractivity contribution is 0.462. The molecule has 0 aliphatic rings. The normalized spacial score (nSPS) is 11.1. The molecule has 0 N–H and O–H groups in total. The average molecular weight is 249 g/mol. The summed E-state index contributed by atoms with van der Waals surface area (Å²) in [5.41, 5.74) is 0. The lowest BCUT2D eigenvalue weighted by atomic mass is 10.3. The second-order valence-electron chi connectivity index (χ2n) is 3.34. The molecule has 0 heterocycles. The Balaban J connectivity index is 2.20. The molecular weight excluding hydrogens is 240 g/mol. The van der Waals surface area contributed by atoms with Crippen molar-refractivity contribution in [3.8, 4) is 11.5 Å². The van der Waals surface area contributed by atoms with Crippen LogP contribution in [0, 0.1) is 0 Å². The van der Waals surface area contributed by atoms with Gasteiger partial charge in [0.2, 0.25) is 0 Å². The molecule has 0 atom stereocenters. The van der Waals surface area contributed by atoms with Crippen molar-refractivity contribution in [2.24, 2.45) is 0 Å². The third-order valence-electron chi connectivity index (χ3n) is 2.09. The number of rotatable bonds is 3. The summed E-state index contributed by atoms with van der Waals surface area (Å²) in [6, 6.07) is 14.4. The van der Waals surface area contributed by atoms with Crippen molar-refractivity contribution in [1.29, 1.82) is 0 Å². The molecule has 5 heteroatoms. The second kappa shape index (κ2) is 4.57. The van der Waals surface area contributed by atoms with E-state index in [1.54, 1.807) is 12.1 Å². The second-order valence-corrected chi connectivity index (χ2v) is 4.72. The maximum atomic E-state index is 10.7. The topological polar surface area (TPSA) is 66.4 Å². The fourth-order valence-electron chi connectivity index (χ4n) is 1.30. The Bertz CT molecular complexity index is 588. The third-order valence-corrected chi connectivity index (χ3v) is 2.94. The Morgan fingerprint density at radius 3 is 1.88 bits per heavy atom. The van der Waals surface area contributed by atoms with Crippen LogP contribution >= 0.6 is 0 Å². The zero-order chi connectivity index (χ0) is 12.3. The lowest BCUT2D eigenvalue weighted by Gasteiger charge is -2.08. The van der Waals surface area contributed by atoms with Crippen LogP contribution in [0.15, 0.2) is 59.5 Å². The smallest absolute Gasteiger partial charge is 0.127 e. The summed E-state index contributed by atoms with van der Waals surface area (Å²) < 4.78 is 37.6. The standard InChI is InChI=1S/C12H10O4S/c13-17(14,15)12-8-6-11(7-9-12)16-10-4-2-1-3-5-10/h1-9H,(H,13,14,15)/p-1. The molecule has 2 rings (SSSR count). The molecule has 0 aromatic heterocycles. The largest absolute Gasteiger partial charge is 0.744 e. The Hall–Kier alpha value is -1.85. The van der Waals surface area contributed by atoms with Gasteiger partial charge in [-0.15, -0.1) is 0 Å². The highest BCUT2D eigenvalue weighted by Gasteiger charge is 2.01. The maximum Gasteiger partial charge on any atom is 0.127 e. The van der Waals surface area contributed by atoms with E-state index in [2.05, 4.69) is 0 Å². The molecule has 0 radical (unpaired) electrons. The molecule has 88 valence electrons. The van der Waals surface area contributed by atoms with Crippen LogP contribution in [0.3, 0.4) is 0 Å². The molecule has 17 heavy (non-hydrogen) atoms. The minimum atomic E-state index is -4.40. The molecule has 0 unspecified atom stereocenters. The number of hydrogen-bond acceptors (Lipinski definition) is 4. The van der Waals surface area contributed by atoms with E-state index in [-0.39, 0.29) is 4.90 Å². The highest BCUT2D eigenvalue weighted by atomic mass is 32.2. The van der Waals surface area contributed by atoms with Crippen molar-refractivity contribution in [2.45, 2.75) is 4.90 Å². The molecule has 4 nitrogen and oxygen atoms in total. The van der Waals surface area contributed by atoms with E-state index in [0.29, 0.717) is 11.5 Å². The molecular formula is C12H9O4S-. The van der Waals surface area contributed by atoms with Gasteiger partial charge in [-0.3, -0.25) is 0 Å². The minimum Gasteiger partial charge on any atom is -0.744 e. The van der Waals surface area contributed by atoms with E-state index >= 15 is 0 Å². The zero-order valence-electron chi connectivity index (χ0n) is 8.74. The van der Waals surface area contributed by atoms with Crippen LogP contribution in [-0.4, -0.2) is 13.0 Å². The van der Waals surface area contributed by atoms with Gasteiger partial charge in [0.25, 0.3) is 0 Å². The number of hydrogen-bond donors (Lipinski definition) is 0. The van der Waals surface area contributed by atoms with Crippen LogP contribution in [0.1, 0.15) is 0 Å². The van der Waals surface area contributed by atoms with Crippen molar-refractivity contribution in [2.75, 3.05) is 0 Å². The monoisotopic (exact) mass is 249 g/mol. The molecule has 0 saturated heterocycles. The lowest BCUT2D eigenvalue weighted by Crippen LogP contribution is -1.97. The summed E-state index contributed by atoms with van der Waals surface area (Å²) >= 11 is 0. The summed E-state index contributed by atoms with van der Waals surface area (Å²) in [6.45, 7) is 0. The SMILES string of the molecule is O=S(=O)([O-])c1ccc(Oc2ccccc2)cc1. The number of ether oxygens (including phenoxy) is 1. The fraction of sp³-hybridized carbons (Fsp3) is 0. The van der Waals surface area contributed by atoms with Crippen LogP contribution in [0.25, 0.3) is 0 Å². The molecule has 0 spiro atoms. The van der Waals surface area contributed by atoms with Crippen LogP contribution in [-0.2, 0) is 10.1 Å². The highest BCUT2D eigenvalue weighted by molar-refractivity contribution is 7.85. The van der Waals surface area contributed by atoms with Crippen LogP contribution in [0.5, 0.6) is 11.5 Å². The number of para-hydroxylation sites is 1. The zero-order valence-corrected chi connectivity index (χ0v) is 9.55. The van der Waals surface area contributed by atoms with Crippen molar-refractivity contribution < 1.29 is 17.7 Å². The van der Waals surface area contributed by atoms with Crippen molar-refractivity contribution in [1.82, 2.24) is 0 Å². The van der Waals surface area contributed by atoms with Gasteiger partial charge in [-0.25, -0.2) is 8.42 Å². The molecule has 0 bridgehead atoms. The first-order valence-electron chi connectivity index (χ1n) is 4.84. The fourth-order valence-corrected chi connectivity index (χ4v) is 1.77. The van der Waals surface area contributed by atoms with Crippen LogP contribution < -0.4 is 4.74 Å². The third kappa shape index (κ3) is 3.05. The van der Waals surface area contributed by atoms with Gasteiger partial charge in [-0.2, -0.15) is 0 Å². The molecule has 0 aliphatic heterocycles. The molecule has 0 fully saturated rings. The first-order valence-corrected chi connectivity index (χ1v) is 6.25. The first kappa shape index (κ1) is 11.6. The van der Waals surface area contributed by atoms with Crippen molar-refractivity contribution in [3.63, 3.8) is 0 Å². The summed E-state index contributed by atoms with van der Waals surface area (Å²) in [6.07, 6.45) is 0. The van der Waals surface area contributed by atoms with Gasteiger partial charge in [0.15, 0.2) is 0 Å². The quantitative estimate of drug-likeness (QED) is 0.783. The molecule has 0 aliphatic carbocycles. The Morgan fingerprint density at radius 1 is 0.824 bits per heavy atom. The molecule has 0 saturated carbocycles. The molecule has 2 aromatic rings. The van der Waals surface area contributed by atoms with Gasteiger partial charge in [-0.05, 0) is 36.4 Å². The van der Waals surface area contributed by atoms with E-state index in [1.165, 1.54) is 24.3 Å². The summed E-state index contributed by atoms with van der Waals surface area (Å²) in [4.78, 5) is -0.266. The first-order chi connectivity index (χ1) is 8.05. The van der Waals surface area contributed by atoms with E-state index in [9.17, 15) is 13.0 Å². The van der Waals surface area contributed by atoms with E-state index in [0.717, 1.165) is 0 Å². The maximum absolute atomic E-state index is 10.7. The van der Waals surface area contributed by atoms with Gasteiger partial charge < -0.3 is 9.29 Å². The minimum absolute atomic E-state index is 0.266. The van der Waals surface area contributed by atoms with E-state index in [4.69, 9.17) is 4.74 Å². The van der Waals surface area contributed by atoms with Gasteiger partial charge in [0.1, 0.15) is 21.6 Å². The average Bonchev–Trinajstić information content (AvgIpc) is 2.30. The Morgan fingerprint density at radius 2 is 1.35 bits per heavy atom. The van der Waals surface area contributed by atoms with E-state index in [1.807, 2.05) is 18.2 Å². The Labute approximate surface area is 99.2 Å². The predicted molar refractivity (Wildman–Crippen MR) is 60.9 cm³/mol. The Kier molecular flexibility index (Phi) is 3.12. The summed E-state index contributed by atoms with van der Waals surface area (Å²) in [5.74, 6) is 1.12. The number of benzene rings is 2. The van der Waals surface area contributed by atoms with E-state index < -0.39 is 10.1 Å².